The van der Waals surface area contributed by atoms with Crippen molar-refractivity contribution in [2.45, 2.75) is 26.4 Å². The maximum atomic E-state index is 11.1. The number of aliphatic hydroxyl groups excluding tert-OH is 1. The van der Waals surface area contributed by atoms with Crippen LogP contribution in [0.15, 0.2) is 11.6 Å². The van der Waals surface area contributed by atoms with E-state index in [-0.39, 0.29) is 12.1 Å². The standard InChI is InChI=1S/C12H21NO3/c1-9(12(15)16-3)4-6-13-7-5-11(8-13)10(2)14/h4,10-11,14H,5-8H2,1-3H3. The lowest BCUT2D eigenvalue weighted by molar-refractivity contribution is -0.136. The molecule has 1 saturated heterocycles. The monoisotopic (exact) mass is 227 g/mol. The fraction of sp³-hybridized carbons (Fsp3) is 0.750. The first-order valence-corrected chi connectivity index (χ1v) is 5.70. The van der Waals surface area contributed by atoms with E-state index in [1.54, 1.807) is 6.92 Å². The smallest absolute Gasteiger partial charge is 0.333 e. The summed E-state index contributed by atoms with van der Waals surface area (Å²) in [6.07, 6.45) is 2.68. The second-order valence-electron chi connectivity index (χ2n) is 4.43. The van der Waals surface area contributed by atoms with Crippen LogP contribution in [0, 0.1) is 5.92 Å². The van der Waals surface area contributed by atoms with Gasteiger partial charge < -0.3 is 9.84 Å². The average molecular weight is 227 g/mol. The highest BCUT2D eigenvalue weighted by molar-refractivity contribution is 5.87. The molecule has 0 aromatic carbocycles. The highest BCUT2D eigenvalue weighted by Gasteiger charge is 2.25. The maximum Gasteiger partial charge on any atom is 0.333 e. The normalized spacial score (nSPS) is 24.5. The lowest BCUT2D eigenvalue weighted by Gasteiger charge is -2.15. The van der Waals surface area contributed by atoms with Gasteiger partial charge in [0.25, 0.3) is 0 Å². The first kappa shape index (κ1) is 13.2. The Morgan fingerprint density at radius 2 is 2.38 bits per heavy atom. The first-order valence-electron chi connectivity index (χ1n) is 5.70. The third-order valence-corrected chi connectivity index (χ3v) is 3.15. The number of methoxy groups -OCH3 is 1. The molecule has 0 aliphatic carbocycles. The van der Waals surface area contributed by atoms with Crippen LogP contribution >= 0.6 is 0 Å². The minimum absolute atomic E-state index is 0.240. The van der Waals surface area contributed by atoms with Crippen LogP contribution in [-0.4, -0.2) is 48.8 Å². The molecule has 2 atom stereocenters. The van der Waals surface area contributed by atoms with Crippen molar-refractivity contribution in [3.63, 3.8) is 0 Å². The molecule has 1 rings (SSSR count). The van der Waals surface area contributed by atoms with Crippen molar-refractivity contribution in [1.29, 1.82) is 0 Å². The molecule has 16 heavy (non-hydrogen) atoms. The van der Waals surface area contributed by atoms with Gasteiger partial charge in [0.15, 0.2) is 0 Å². The van der Waals surface area contributed by atoms with Gasteiger partial charge in [-0.1, -0.05) is 6.08 Å². The van der Waals surface area contributed by atoms with Crippen LogP contribution in [0.4, 0.5) is 0 Å². The second-order valence-corrected chi connectivity index (χ2v) is 4.43. The Bertz CT molecular complexity index is 273. The lowest BCUT2D eigenvalue weighted by atomic mass is 10.0. The molecule has 92 valence electrons. The predicted molar refractivity (Wildman–Crippen MR) is 62.0 cm³/mol. The molecule has 0 radical (unpaired) electrons. The fourth-order valence-electron chi connectivity index (χ4n) is 1.93. The third-order valence-electron chi connectivity index (χ3n) is 3.15. The molecule has 0 aromatic rings. The molecule has 1 heterocycles. The Balaban J connectivity index is 2.37. The maximum absolute atomic E-state index is 11.1. The van der Waals surface area contributed by atoms with Crippen LogP contribution < -0.4 is 0 Å². The van der Waals surface area contributed by atoms with E-state index in [1.165, 1.54) is 7.11 Å². The van der Waals surface area contributed by atoms with E-state index in [0.717, 1.165) is 26.1 Å². The zero-order chi connectivity index (χ0) is 12.1. The van der Waals surface area contributed by atoms with E-state index < -0.39 is 0 Å². The number of carbonyl (C=O) groups is 1. The van der Waals surface area contributed by atoms with Crippen LogP contribution in [0.1, 0.15) is 20.3 Å². The van der Waals surface area contributed by atoms with Gasteiger partial charge >= 0.3 is 5.97 Å². The number of esters is 1. The van der Waals surface area contributed by atoms with Crippen molar-refractivity contribution in [1.82, 2.24) is 4.90 Å². The molecule has 0 bridgehead atoms. The van der Waals surface area contributed by atoms with Gasteiger partial charge in [0.1, 0.15) is 0 Å². The van der Waals surface area contributed by atoms with E-state index in [0.29, 0.717) is 11.5 Å². The quantitative estimate of drug-likeness (QED) is 0.570. The zero-order valence-corrected chi connectivity index (χ0v) is 10.3. The topological polar surface area (TPSA) is 49.8 Å². The average Bonchev–Trinajstić information content (AvgIpc) is 2.73. The highest BCUT2D eigenvalue weighted by Crippen LogP contribution is 2.19. The Kier molecular flexibility index (Phi) is 4.96. The molecular formula is C12H21NO3. The van der Waals surface area contributed by atoms with E-state index in [1.807, 2.05) is 13.0 Å². The van der Waals surface area contributed by atoms with Crippen molar-refractivity contribution < 1.29 is 14.6 Å². The molecule has 0 saturated carbocycles. The Labute approximate surface area is 96.9 Å². The van der Waals surface area contributed by atoms with Crippen LogP contribution in [0.3, 0.4) is 0 Å². The summed E-state index contributed by atoms with van der Waals surface area (Å²) in [7, 11) is 1.39. The Hall–Kier alpha value is -0.870. The lowest BCUT2D eigenvalue weighted by Crippen LogP contribution is -2.24. The van der Waals surface area contributed by atoms with Crippen molar-refractivity contribution >= 4 is 5.97 Å². The summed E-state index contributed by atoms with van der Waals surface area (Å²) >= 11 is 0. The molecule has 0 amide bonds. The van der Waals surface area contributed by atoms with Crippen molar-refractivity contribution in [3.05, 3.63) is 11.6 Å². The fourth-order valence-corrected chi connectivity index (χ4v) is 1.93. The van der Waals surface area contributed by atoms with E-state index in [4.69, 9.17) is 0 Å². The Morgan fingerprint density at radius 3 is 2.88 bits per heavy atom. The van der Waals surface area contributed by atoms with Crippen LogP contribution in [-0.2, 0) is 9.53 Å². The number of ether oxygens (including phenoxy) is 1. The summed E-state index contributed by atoms with van der Waals surface area (Å²) in [6.45, 7) is 6.24. The van der Waals surface area contributed by atoms with Crippen molar-refractivity contribution in [3.8, 4) is 0 Å². The number of rotatable bonds is 4. The number of aliphatic hydroxyl groups is 1. The Morgan fingerprint density at radius 1 is 1.69 bits per heavy atom. The SMILES string of the molecule is COC(=O)C(C)=CCN1CCC(C(C)O)C1. The summed E-state index contributed by atoms with van der Waals surface area (Å²) in [6, 6.07) is 0. The molecule has 1 aliphatic heterocycles. The van der Waals surface area contributed by atoms with Crippen molar-refractivity contribution in [2.24, 2.45) is 5.92 Å². The summed E-state index contributed by atoms with van der Waals surface area (Å²) in [5.74, 6) is 0.0955. The molecule has 1 N–H and O–H groups in total. The third kappa shape index (κ3) is 3.61. The largest absolute Gasteiger partial charge is 0.466 e. The number of hydrogen-bond acceptors (Lipinski definition) is 4. The molecular weight excluding hydrogens is 206 g/mol. The predicted octanol–water partition coefficient (Wildman–Crippen LogP) is 0.808. The highest BCUT2D eigenvalue weighted by atomic mass is 16.5. The molecule has 4 heteroatoms. The molecule has 4 nitrogen and oxygen atoms in total. The van der Waals surface area contributed by atoms with Crippen LogP contribution in [0.5, 0.6) is 0 Å². The van der Waals surface area contributed by atoms with Gasteiger partial charge in [0.05, 0.1) is 13.2 Å². The summed E-state index contributed by atoms with van der Waals surface area (Å²) in [4.78, 5) is 13.4. The van der Waals surface area contributed by atoms with Crippen LogP contribution in [0.2, 0.25) is 0 Å². The van der Waals surface area contributed by atoms with E-state index in [9.17, 15) is 9.90 Å². The van der Waals surface area contributed by atoms with Gasteiger partial charge in [0, 0.05) is 18.7 Å². The molecule has 2 unspecified atom stereocenters. The molecule has 0 spiro atoms. The van der Waals surface area contributed by atoms with Gasteiger partial charge in [0.2, 0.25) is 0 Å². The second kappa shape index (κ2) is 6.01. The van der Waals surface area contributed by atoms with Gasteiger partial charge in [-0.15, -0.1) is 0 Å². The minimum atomic E-state index is -0.272. The van der Waals surface area contributed by atoms with Gasteiger partial charge in [-0.2, -0.15) is 0 Å². The summed E-state index contributed by atoms with van der Waals surface area (Å²) < 4.78 is 4.62. The number of likely N-dealkylation sites (tertiary alicyclic amines) is 1. The molecule has 1 fully saturated rings. The van der Waals surface area contributed by atoms with Crippen LogP contribution in [0.25, 0.3) is 0 Å². The number of nitrogens with zero attached hydrogens (tertiary/aromatic N) is 1. The van der Waals surface area contributed by atoms with Gasteiger partial charge in [-0.05, 0) is 32.7 Å². The van der Waals surface area contributed by atoms with Crippen molar-refractivity contribution in [2.75, 3.05) is 26.7 Å². The van der Waals surface area contributed by atoms with Gasteiger partial charge in [-0.3, -0.25) is 4.90 Å². The molecule has 0 aromatic heterocycles. The van der Waals surface area contributed by atoms with E-state index in [2.05, 4.69) is 9.64 Å². The van der Waals surface area contributed by atoms with Gasteiger partial charge in [-0.25, -0.2) is 4.79 Å². The number of hydrogen-bond donors (Lipinski definition) is 1. The zero-order valence-electron chi connectivity index (χ0n) is 10.3. The first-order chi connectivity index (χ1) is 7.54. The summed E-state index contributed by atoms with van der Waals surface area (Å²) in [5.41, 5.74) is 0.642. The minimum Gasteiger partial charge on any atom is -0.466 e. The van der Waals surface area contributed by atoms with E-state index >= 15 is 0 Å². The number of carbonyl (C=O) groups excluding carboxylic acids is 1. The summed E-state index contributed by atoms with van der Waals surface area (Å²) in [5, 5.41) is 9.46. The molecule has 1 aliphatic rings.